The molecule has 3 aromatic heterocycles. The fourth-order valence-electron chi connectivity index (χ4n) is 2.41. The van der Waals surface area contributed by atoms with Gasteiger partial charge in [-0.05, 0) is 12.1 Å². The number of hydrogen-bond acceptors (Lipinski definition) is 3. The second kappa shape index (κ2) is 5.45. The van der Waals surface area contributed by atoms with E-state index >= 15 is 0 Å². The first-order chi connectivity index (χ1) is 10.9. The maximum Gasteiger partial charge on any atom is 0.420 e. The Bertz CT molecular complexity index is 851. The van der Waals surface area contributed by atoms with Gasteiger partial charge in [0.25, 0.3) is 0 Å². The van der Waals surface area contributed by atoms with Crippen molar-refractivity contribution in [1.29, 1.82) is 0 Å². The van der Waals surface area contributed by atoms with Gasteiger partial charge in [-0.25, -0.2) is 4.98 Å². The average Bonchev–Trinajstić information content (AvgIpc) is 3.13. The van der Waals surface area contributed by atoms with Gasteiger partial charge >= 0.3 is 6.18 Å². The molecule has 0 aromatic carbocycles. The number of fused-ring (bicyclic) bond motifs is 1. The molecule has 0 fully saturated rings. The molecular weight excluding hydrogens is 311 g/mol. The molecule has 1 N–H and O–H groups in total. The molecule has 1 amide bonds. The summed E-state index contributed by atoms with van der Waals surface area (Å²) in [6.07, 6.45) is 0.919. The van der Waals surface area contributed by atoms with E-state index in [-0.39, 0.29) is 18.1 Å². The summed E-state index contributed by atoms with van der Waals surface area (Å²) < 4.78 is 46.3. The Morgan fingerprint density at radius 2 is 2.22 bits per heavy atom. The zero-order valence-corrected chi connectivity index (χ0v) is 12.0. The third kappa shape index (κ3) is 2.79. The summed E-state index contributed by atoms with van der Waals surface area (Å²) in [5.74, 6) is -0.281. The van der Waals surface area contributed by atoms with E-state index in [0.29, 0.717) is 16.8 Å². The van der Waals surface area contributed by atoms with Crippen molar-refractivity contribution in [1.82, 2.24) is 14.7 Å². The van der Waals surface area contributed by atoms with Crippen LogP contribution in [0.4, 0.5) is 13.2 Å². The van der Waals surface area contributed by atoms with Gasteiger partial charge in [-0.2, -0.15) is 13.2 Å². The molecule has 3 heterocycles. The Morgan fingerprint density at radius 1 is 1.43 bits per heavy atom. The van der Waals surface area contributed by atoms with Crippen LogP contribution in [0.5, 0.6) is 0 Å². The molecule has 0 aliphatic carbocycles. The van der Waals surface area contributed by atoms with E-state index in [0.717, 1.165) is 6.07 Å². The molecule has 3 aromatic rings. The van der Waals surface area contributed by atoms with Crippen molar-refractivity contribution in [2.24, 2.45) is 0 Å². The molecule has 0 saturated carbocycles. The van der Waals surface area contributed by atoms with Crippen LogP contribution in [0.1, 0.15) is 18.2 Å². The molecule has 0 spiro atoms. The average molecular weight is 323 g/mol. The summed E-state index contributed by atoms with van der Waals surface area (Å²) in [4.78, 5) is 15.0. The standard InChI is InChI=1S/C15H12F3N3O2/c1-9(22)20-7-13-11(10-2-5-23-8-10)6-12(15(16,17)18)14-19-3-4-21(13)14/h2-6,8H,7H2,1H3,(H,20,22). The minimum Gasteiger partial charge on any atom is -0.472 e. The van der Waals surface area contributed by atoms with Crippen LogP contribution in [-0.2, 0) is 17.5 Å². The fraction of sp³-hybridized carbons (Fsp3) is 0.200. The minimum atomic E-state index is -4.54. The van der Waals surface area contributed by atoms with Crippen molar-refractivity contribution in [3.05, 3.63) is 48.3 Å². The molecule has 0 saturated heterocycles. The number of hydrogen-bond donors (Lipinski definition) is 1. The molecule has 8 heteroatoms. The maximum absolute atomic E-state index is 13.3. The number of imidazole rings is 1. The third-order valence-corrected chi connectivity index (χ3v) is 3.41. The number of aromatic nitrogens is 2. The van der Waals surface area contributed by atoms with Crippen LogP contribution in [0.3, 0.4) is 0 Å². The van der Waals surface area contributed by atoms with Gasteiger partial charge in [0, 0.05) is 30.4 Å². The smallest absolute Gasteiger partial charge is 0.420 e. The Morgan fingerprint density at radius 3 is 2.83 bits per heavy atom. The van der Waals surface area contributed by atoms with E-state index in [9.17, 15) is 18.0 Å². The van der Waals surface area contributed by atoms with Crippen molar-refractivity contribution >= 4 is 11.6 Å². The van der Waals surface area contributed by atoms with Crippen molar-refractivity contribution < 1.29 is 22.4 Å². The number of carbonyl (C=O) groups excluding carboxylic acids is 1. The van der Waals surface area contributed by atoms with Gasteiger partial charge in [-0.3, -0.25) is 4.79 Å². The third-order valence-electron chi connectivity index (χ3n) is 3.41. The zero-order valence-electron chi connectivity index (χ0n) is 12.0. The monoisotopic (exact) mass is 323 g/mol. The Balaban J connectivity index is 2.28. The highest BCUT2D eigenvalue weighted by Crippen LogP contribution is 2.36. The first kappa shape index (κ1) is 15.1. The number of rotatable bonds is 3. The summed E-state index contributed by atoms with van der Waals surface area (Å²) in [5, 5.41) is 2.60. The second-order valence-electron chi connectivity index (χ2n) is 4.96. The van der Waals surface area contributed by atoms with Gasteiger partial charge in [0.05, 0.1) is 30.3 Å². The number of amides is 1. The number of furan rings is 1. The summed E-state index contributed by atoms with van der Waals surface area (Å²) in [6.45, 7) is 1.41. The van der Waals surface area contributed by atoms with Crippen molar-refractivity contribution in [3.63, 3.8) is 0 Å². The summed E-state index contributed by atoms with van der Waals surface area (Å²) in [6, 6.07) is 2.60. The van der Waals surface area contributed by atoms with Crippen LogP contribution >= 0.6 is 0 Å². The normalized spacial score (nSPS) is 11.8. The number of carbonyl (C=O) groups is 1. The zero-order chi connectivity index (χ0) is 16.6. The molecule has 0 aliphatic heterocycles. The molecule has 0 atom stereocenters. The predicted molar refractivity (Wildman–Crippen MR) is 75.4 cm³/mol. The van der Waals surface area contributed by atoms with Crippen molar-refractivity contribution in [3.8, 4) is 11.1 Å². The largest absolute Gasteiger partial charge is 0.472 e. The summed E-state index contributed by atoms with van der Waals surface area (Å²) >= 11 is 0. The Labute approximate surface area is 128 Å². The quantitative estimate of drug-likeness (QED) is 0.805. The molecule has 3 rings (SSSR count). The lowest BCUT2D eigenvalue weighted by atomic mass is 10.0. The lowest BCUT2D eigenvalue weighted by Gasteiger charge is -2.16. The highest BCUT2D eigenvalue weighted by atomic mass is 19.4. The lowest BCUT2D eigenvalue weighted by molar-refractivity contribution is -0.136. The predicted octanol–water partition coefficient (Wildman–Crippen LogP) is 3.25. The SMILES string of the molecule is CC(=O)NCc1c(-c2ccoc2)cc(C(F)(F)F)c2nccn12. The van der Waals surface area contributed by atoms with Crippen LogP contribution in [-0.4, -0.2) is 15.3 Å². The van der Waals surface area contributed by atoms with Gasteiger partial charge in [0.1, 0.15) is 5.65 Å². The molecule has 23 heavy (non-hydrogen) atoms. The van der Waals surface area contributed by atoms with Gasteiger partial charge in [-0.15, -0.1) is 0 Å². The van der Waals surface area contributed by atoms with Crippen LogP contribution in [0.25, 0.3) is 16.8 Å². The molecule has 5 nitrogen and oxygen atoms in total. The van der Waals surface area contributed by atoms with Crippen molar-refractivity contribution in [2.75, 3.05) is 0 Å². The molecule has 120 valence electrons. The topological polar surface area (TPSA) is 59.5 Å². The summed E-state index contributed by atoms with van der Waals surface area (Å²) in [7, 11) is 0. The van der Waals surface area contributed by atoms with Gasteiger partial charge in [0.2, 0.25) is 5.91 Å². The Hall–Kier alpha value is -2.77. The molecular formula is C15H12F3N3O2. The van der Waals surface area contributed by atoms with E-state index in [1.165, 1.54) is 36.2 Å². The van der Waals surface area contributed by atoms with Gasteiger partial charge in [0.15, 0.2) is 0 Å². The number of halogens is 3. The first-order valence-electron chi connectivity index (χ1n) is 6.71. The van der Waals surface area contributed by atoms with Crippen LogP contribution in [0.2, 0.25) is 0 Å². The molecule has 0 unspecified atom stereocenters. The van der Waals surface area contributed by atoms with Crippen molar-refractivity contribution in [2.45, 2.75) is 19.6 Å². The summed E-state index contributed by atoms with van der Waals surface area (Å²) in [5.41, 5.74) is 0.259. The lowest BCUT2D eigenvalue weighted by Crippen LogP contribution is -2.22. The molecule has 0 aliphatic rings. The number of nitrogens with one attached hydrogen (secondary N) is 1. The van der Waals surface area contributed by atoms with E-state index in [1.807, 2.05) is 0 Å². The van der Waals surface area contributed by atoms with E-state index in [4.69, 9.17) is 4.42 Å². The Kier molecular flexibility index (Phi) is 3.59. The van der Waals surface area contributed by atoms with Gasteiger partial charge in [-0.1, -0.05) is 0 Å². The van der Waals surface area contributed by atoms with E-state index < -0.39 is 11.7 Å². The molecule has 0 bridgehead atoms. The van der Waals surface area contributed by atoms with Crippen LogP contribution < -0.4 is 5.32 Å². The highest BCUT2D eigenvalue weighted by Gasteiger charge is 2.35. The number of alkyl halides is 3. The molecule has 0 radical (unpaired) electrons. The van der Waals surface area contributed by atoms with Gasteiger partial charge < -0.3 is 14.1 Å². The van der Waals surface area contributed by atoms with E-state index in [2.05, 4.69) is 10.3 Å². The first-order valence-corrected chi connectivity index (χ1v) is 6.71. The number of pyridine rings is 1. The number of nitrogens with zero attached hydrogens (tertiary/aromatic N) is 2. The minimum absolute atomic E-state index is 0.0703. The fourth-order valence-corrected chi connectivity index (χ4v) is 2.41. The second-order valence-corrected chi connectivity index (χ2v) is 4.96. The maximum atomic E-state index is 13.3. The van der Waals surface area contributed by atoms with Crippen LogP contribution in [0.15, 0.2) is 41.5 Å². The van der Waals surface area contributed by atoms with Crippen LogP contribution in [0, 0.1) is 0 Å². The van der Waals surface area contributed by atoms with E-state index in [1.54, 1.807) is 6.07 Å². The highest BCUT2D eigenvalue weighted by molar-refractivity contribution is 5.74.